The number of hydrogen-bond acceptors (Lipinski definition) is 6. The average Bonchev–Trinajstić information content (AvgIpc) is 3.14. The quantitative estimate of drug-likeness (QED) is 0.558. The van der Waals surface area contributed by atoms with Crippen molar-refractivity contribution < 1.29 is 19.0 Å². The van der Waals surface area contributed by atoms with Gasteiger partial charge in [0.1, 0.15) is 12.4 Å². The van der Waals surface area contributed by atoms with Crippen molar-refractivity contribution >= 4 is 5.91 Å². The predicted molar refractivity (Wildman–Crippen MR) is 105 cm³/mol. The molecule has 1 aromatic heterocycles. The van der Waals surface area contributed by atoms with Gasteiger partial charge in [-0.15, -0.1) is 5.10 Å². The molecule has 0 saturated heterocycles. The molecule has 0 aliphatic heterocycles. The van der Waals surface area contributed by atoms with E-state index < -0.39 is 0 Å². The normalized spacial score (nSPS) is 10.7. The van der Waals surface area contributed by atoms with Gasteiger partial charge >= 0.3 is 6.01 Å². The third kappa shape index (κ3) is 4.75. The molecule has 0 fully saturated rings. The van der Waals surface area contributed by atoms with Crippen molar-refractivity contribution in [2.24, 2.45) is 0 Å². The summed E-state index contributed by atoms with van der Waals surface area (Å²) >= 11 is 0. The van der Waals surface area contributed by atoms with Gasteiger partial charge in [-0.3, -0.25) is 4.79 Å². The SMILES string of the molecule is COCCOc1nc(-c2ccc(C)cc2)n(C(=O)Cc2ccc(OC)cc2)n1. The summed E-state index contributed by atoms with van der Waals surface area (Å²) in [6.45, 7) is 2.72. The fourth-order valence-corrected chi connectivity index (χ4v) is 2.63. The number of nitrogens with zero attached hydrogens (tertiary/aromatic N) is 3. The molecule has 1 heterocycles. The first-order valence-corrected chi connectivity index (χ1v) is 8.92. The number of benzene rings is 2. The summed E-state index contributed by atoms with van der Waals surface area (Å²) < 4.78 is 16.9. The third-order valence-electron chi connectivity index (χ3n) is 4.17. The minimum atomic E-state index is -0.199. The molecule has 146 valence electrons. The van der Waals surface area contributed by atoms with Crippen LogP contribution in [0.25, 0.3) is 11.4 Å². The van der Waals surface area contributed by atoms with E-state index >= 15 is 0 Å². The van der Waals surface area contributed by atoms with Gasteiger partial charge in [-0.25, -0.2) is 0 Å². The zero-order valence-electron chi connectivity index (χ0n) is 16.2. The summed E-state index contributed by atoms with van der Waals surface area (Å²) in [6, 6.07) is 15.3. The highest BCUT2D eigenvalue weighted by atomic mass is 16.5. The molecule has 0 unspecified atom stereocenters. The average molecular weight is 381 g/mol. The largest absolute Gasteiger partial charge is 0.497 e. The van der Waals surface area contributed by atoms with Crippen molar-refractivity contribution in [2.45, 2.75) is 13.3 Å². The Morgan fingerprint density at radius 1 is 1.00 bits per heavy atom. The highest BCUT2D eigenvalue weighted by Crippen LogP contribution is 2.21. The smallest absolute Gasteiger partial charge is 0.336 e. The lowest BCUT2D eigenvalue weighted by atomic mass is 10.1. The molecule has 0 saturated carbocycles. The monoisotopic (exact) mass is 381 g/mol. The van der Waals surface area contributed by atoms with Crippen LogP contribution >= 0.6 is 0 Å². The molecule has 0 atom stereocenters. The van der Waals surface area contributed by atoms with Crippen molar-refractivity contribution in [1.29, 1.82) is 0 Å². The van der Waals surface area contributed by atoms with Crippen LogP contribution < -0.4 is 9.47 Å². The van der Waals surface area contributed by atoms with Gasteiger partial charge in [-0.2, -0.15) is 9.67 Å². The number of hydrogen-bond donors (Lipinski definition) is 0. The number of aryl methyl sites for hydroxylation is 1. The Morgan fingerprint density at radius 3 is 2.36 bits per heavy atom. The number of carbonyl (C=O) groups excluding carboxylic acids is 1. The maximum atomic E-state index is 12.9. The molecule has 28 heavy (non-hydrogen) atoms. The zero-order valence-corrected chi connectivity index (χ0v) is 16.2. The van der Waals surface area contributed by atoms with E-state index in [2.05, 4.69) is 10.1 Å². The Kier molecular flexibility index (Phi) is 6.39. The number of carbonyl (C=O) groups is 1. The number of aromatic nitrogens is 3. The first-order chi connectivity index (χ1) is 13.6. The van der Waals surface area contributed by atoms with E-state index in [1.54, 1.807) is 14.2 Å². The van der Waals surface area contributed by atoms with E-state index in [4.69, 9.17) is 14.2 Å². The van der Waals surface area contributed by atoms with E-state index in [0.717, 1.165) is 22.4 Å². The lowest BCUT2D eigenvalue weighted by Gasteiger charge is -2.06. The molecule has 0 aliphatic rings. The maximum absolute atomic E-state index is 12.9. The Morgan fingerprint density at radius 2 is 1.71 bits per heavy atom. The minimum Gasteiger partial charge on any atom is -0.497 e. The molecular formula is C21H23N3O4. The molecule has 3 rings (SSSR count). The highest BCUT2D eigenvalue weighted by molar-refractivity contribution is 5.84. The second-order valence-corrected chi connectivity index (χ2v) is 6.26. The van der Waals surface area contributed by atoms with Crippen molar-refractivity contribution in [3.8, 4) is 23.1 Å². The van der Waals surface area contributed by atoms with Gasteiger partial charge in [0.15, 0.2) is 5.82 Å². The lowest BCUT2D eigenvalue weighted by Crippen LogP contribution is -2.16. The molecule has 0 radical (unpaired) electrons. The molecule has 0 bridgehead atoms. The highest BCUT2D eigenvalue weighted by Gasteiger charge is 2.19. The molecule has 7 heteroatoms. The molecule has 2 aromatic carbocycles. The molecule has 0 spiro atoms. The Hall–Kier alpha value is -3.19. The number of ether oxygens (including phenoxy) is 3. The number of methoxy groups -OCH3 is 2. The van der Waals surface area contributed by atoms with Gasteiger partial charge in [-0.1, -0.05) is 42.0 Å². The third-order valence-corrected chi connectivity index (χ3v) is 4.17. The van der Waals surface area contributed by atoms with Crippen LogP contribution in [0.4, 0.5) is 0 Å². The van der Waals surface area contributed by atoms with Crippen LogP contribution in [0.3, 0.4) is 0 Å². The van der Waals surface area contributed by atoms with Crippen LogP contribution in [-0.4, -0.2) is 48.1 Å². The topological polar surface area (TPSA) is 75.5 Å². The van der Waals surface area contributed by atoms with Crippen LogP contribution in [0.5, 0.6) is 11.8 Å². The molecule has 7 nitrogen and oxygen atoms in total. The fourth-order valence-electron chi connectivity index (χ4n) is 2.63. The van der Waals surface area contributed by atoms with Gasteiger partial charge in [0.2, 0.25) is 0 Å². The van der Waals surface area contributed by atoms with E-state index in [1.165, 1.54) is 4.68 Å². The van der Waals surface area contributed by atoms with E-state index in [0.29, 0.717) is 19.0 Å². The van der Waals surface area contributed by atoms with Crippen molar-refractivity contribution in [2.75, 3.05) is 27.4 Å². The van der Waals surface area contributed by atoms with Crippen LogP contribution in [0.1, 0.15) is 15.9 Å². The first kappa shape index (κ1) is 19.6. The Bertz CT molecular complexity index is 918. The van der Waals surface area contributed by atoms with Gasteiger partial charge in [0.05, 0.1) is 20.1 Å². The summed E-state index contributed by atoms with van der Waals surface area (Å²) in [5.74, 6) is 0.992. The minimum absolute atomic E-state index is 0.149. The summed E-state index contributed by atoms with van der Waals surface area (Å²) in [4.78, 5) is 17.3. The summed E-state index contributed by atoms with van der Waals surface area (Å²) in [5, 5.41) is 4.26. The van der Waals surface area contributed by atoms with Crippen molar-refractivity contribution in [3.05, 3.63) is 59.7 Å². The molecule has 3 aromatic rings. The molecular weight excluding hydrogens is 358 g/mol. The van der Waals surface area contributed by atoms with Gasteiger partial charge < -0.3 is 14.2 Å². The Balaban J connectivity index is 1.87. The predicted octanol–water partition coefficient (Wildman–Crippen LogP) is 3.17. The first-order valence-electron chi connectivity index (χ1n) is 8.92. The van der Waals surface area contributed by atoms with Gasteiger partial charge in [0.25, 0.3) is 5.91 Å². The number of rotatable bonds is 8. The molecule has 0 amide bonds. The van der Waals surface area contributed by atoms with Crippen molar-refractivity contribution in [3.63, 3.8) is 0 Å². The maximum Gasteiger partial charge on any atom is 0.336 e. The molecule has 0 N–H and O–H groups in total. The summed E-state index contributed by atoms with van der Waals surface area (Å²) in [7, 11) is 3.19. The standard InChI is InChI=1S/C21H23N3O4/c1-15-4-8-17(9-5-15)20-22-21(28-13-12-26-2)23-24(20)19(25)14-16-6-10-18(27-3)11-7-16/h4-11H,12-14H2,1-3H3. The molecule has 0 aliphatic carbocycles. The zero-order chi connectivity index (χ0) is 19.9. The second-order valence-electron chi connectivity index (χ2n) is 6.26. The van der Waals surface area contributed by atoms with Crippen LogP contribution in [-0.2, 0) is 11.2 Å². The van der Waals surface area contributed by atoms with E-state index in [9.17, 15) is 4.79 Å². The van der Waals surface area contributed by atoms with Gasteiger partial charge in [0, 0.05) is 12.7 Å². The fraction of sp³-hybridized carbons (Fsp3) is 0.286. The van der Waals surface area contributed by atoms with Crippen molar-refractivity contribution in [1.82, 2.24) is 14.8 Å². The van der Waals surface area contributed by atoms with Crippen LogP contribution in [0.2, 0.25) is 0 Å². The Labute approximate surface area is 163 Å². The van der Waals surface area contributed by atoms with Crippen LogP contribution in [0.15, 0.2) is 48.5 Å². The van der Waals surface area contributed by atoms with E-state index in [1.807, 2.05) is 55.5 Å². The van der Waals surface area contributed by atoms with Crippen LogP contribution in [0, 0.1) is 6.92 Å². The van der Waals surface area contributed by atoms with Gasteiger partial charge in [-0.05, 0) is 24.6 Å². The van der Waals surface area contributed by atoms with E-state index in [-0.39, 0.29) is 18.3 Å². The summed E-state index contributed by atoms with van der Waals surface area (Å²) in [6.07, 6.45) is 0.184. The lowest BCUT2D eigenvalue weighted by molar-refractivity contribution is 0.0896. The second kappa shape index (κ2) is 9.14. The summed E-state index contributed by atoms with van der Waals surface area (Å²) in [5.41, 5.74) is 2.77.